The van der Waals surface area contributed by atoms with E-state index in [0.717, 1.165) is 6.20 Å². The van der Waals surface area contributed by atoms with Crippen molar-refractivity contribution in [3.63, 3.8) is 0 Å². The van der Waals surface area contributed by atoms with Gasteiger partial charge in [0.05, 0.1) is 19.4 Å². The zero-order valence-electron chi connectivity index (χ0n) is 20.6. The van der Waals surface area contributed by atoms with E-state index in [0.29, 0.717) is 36.0 Å². The molecular formula is C25H30FN5O5. The molecule has 11 heteroatoms. The number of methoxy groups -OCH3 is 1. The highest BCUT2D eigenvalue weighted by Gasteiger charge is 2.16. The predicted molar refractivity (Wildman–Crippen MR) is 135 cm³/mol. The minimum atomic E-state index is -0.636. The lowest BCUT2D eigenvalue weighted by Crippen LogP contribution is -2.27. The number of nitrogens with one attached hydrogen (secondary N) is 3. The molecule has 36 heavy (non-hydrogen) atoms. The zero-order valence-corrected chi connectivity index (χ0v) is 20.6. The topological polar surface area (TPSA) is 116 Å². The molecule has 0 radical (unpaired) electrons. The van der Waals surface area contributed by atoms with Gasteiger partial charge in [-0.1, -0.05) is 6.07 Å². The maximum absolute atomic E-state index is 14.4. The van der Waals surface area contributed by atoms with Gasteiger partial charge in [0.2, 0.25) is 5.95 Å². The van der Waals surface area contributed by atoms with Crippen molar-refractivity contribution in [1.82, 2.24) is 9.97 Å². The van der Waals surface area contributed by atoms with Crippen LogP contribution < -0.4 is 20.7 Å². The number of amides is 1. The van der Waals surface area contributed by atoms with Crippen LogP contribution in [0.5, 0.6) is 5.75 Å². The van der Waals surface area contributed by atoms with Gasteiger partial charge in [0.1, 0.15) is 11.4 Å². The summed E-state index contributed by atoms with van der Waals surface area (Å²) in [6, 6.07) is 13.8. The first kappa shape index (κ1) is 26.6. The van der Waals surface area contributed by atoms with Crippen LogP contribution in [0, 0.1) is 5.82 Å². The van der Waals surface area contributed by atoms with Crippen molar-refractivity contribution in [1.29, 1.82) is 0 Å². The molecule has 0 saturated carbocycles. The number of hydrogen-bond acceptors (Lipinski definition) is 9. The van der Waals surface area contributed by atoms with Crippen LogP contribution in [0.25, 0.3) is 0 Å². The quantitative estimate of drug-likeness (QED) is 0.234. The summed E-state index contributed by atoms with van der Waals surface area (Å²) < 4.78 is 35.3. The molecule has 0 saturated heterocycles. The lowest BCUT2D eigenvalue weighted by molar-refractivity contribution is -0.00846. The maximum Gasteiger partial charge on any atom is 0.412 e. The number of anilines is 5. The second kappa shape index (κ2) is 12.7. The Morgan fingerprint density at radius 3 is 2.47 bits per heavy atom. The van der Waals surface area contributed by atoms with Crippen LogP contribution in [0.15, 0.2) is 54.7 Å². The van der Waals surface area contributed by atoms with Crippen LogP contribution in [-0.2, 0) is 14.2 Å². The molecule has 1 amide bonds. The third-order valence-electron chi connectivity index (χ3n) is 4.37. The number of rotatable bonds is 11. The summed E-state index contributed by atoms with van der Waals surface area (Å²) in [5.41, 5.74) is 1.05. The summed E-state index contributed by atoms with van der Waals surface area (Å²) in [6.45, 7) is 6.37. The smallest absolute Gasteiger partial charge is 0.412 e. The molecule has 0 spiro atoms. The van der Waals surface area contributed by atoms with Crippen molar-refractivity contribution in [2.75, 3.05) is 43.1 Å². The summed E-state index contributed by atoms with van der Waals surface area (Å²) in [6.07, 6.45) is 0.476. The van der Waals surface area contributed by atoms with Crippen LogP contribution in [0.4, 0.5) is 38.0 Å². The number of carbonyl (C=O) groups excluding carboxylic acids is 1. The first-order valence-corrected chi connectivity index (χ1v) is 11.2. The second-order valence-electron chi connectivity index (χ2n) is 8.54. The van der Waals surface area contributed by atoms with Crippen molar-refractivity contribution < 1.29 is 28.1 Å². The number of benzene rings is 2. The van der Waals surface area contributed by atoms with Gasteiger partial charge in [0.25, 0.3) is 0 Å². The normalized spacial score (nSPS) is 11.0. The molecule has 0 fully saturated rings. The summed E-state index contributed by atoms with van der Waals surface area (Å²) >= 11 is 0. The van der Waals surface area contributed by atoms with E-state index in [4.69, 9.17) is 18.9 Å². The van der Waals surface area contributed by atoms with Gasteiger partial charge >= 0.3 is 6.09 Å². The van der Waals surface area contributed by atoms with Gasteiger partial charge in [0.15, 0.2) is 18.4 Å². The molecule has 3 N–H and O–H groups in total. The van der Waals surface area contributed by atoms with Gasteiger partial charge < -0.3 is 29.6 Å². The summed E-state index contributed by atoms with van der Waals surface area (Å²) in [5, 5.41) is 8.57. The van der Waals surface area contributed by atoms with Gasteiger partial charge in [-0.25, -0.2) is 14.2 Å². The van der Waals surface area contributed by atoms with Gasteiger partial charge in [-0.05, 0) is 63.2 Å². The Kier molecular flexibility index (Phi) is 9.37. The molecule has 1 aromatic heterocycles. The number of hydrogen-bond donors (Lipinski definition) is 3. The molecule has 0 unspecified atom stereocenters. The molecule has 2 aromatic carbocycles. The van der Waals surface area contributed by atoms with Crippen LogP contribution in [0.3, 0.4) is 0 Å². The van der Waals surface area contributed by atoms with Gasteiger partial charge in [-0.3, -0.25) is 5.32 Å². The number of nitrogens with zero attached hydrogens (tertiary/aromatic N) is 2. The molecule has 0 aliphatic rings. The molecule has 0 aliphatic heterocycles. The average Bonchev–Trinajstić information content (AvgIpc) is 2.81. The molecule has 10 nitrogen and oxygen atoms in total. The van der Waals surface area contributed by atoms with E-state index in [1.54, 1.807) is 76.4 Å². The third-order valence-corrected chi connectivity index (χ3v) is 4.37. The van der Waals surface area contributed by atoms with E-state index in [1.165, 1.54) is 0 Å². The standard InChI is InChI=1S/C25H30FN5O5/c1-25(2,3)36-24(32)30-19-7-5-6-18(14-19)28-22-21(26)15-27-23(31-22)29-17-8-10-20(11-9-17)35-16-34-13-12-33-4/h5-11,14-15H,12-13,16H2,1-4H3,(H,30,32)(H2,27,28,29,31). The molecule has 0 aliphatic carbocycles. The Hall–Kier alpha value is -3.96. The Balaban J connectivity index is 1.60. The molecule has 192 valence electrons. The fraction of sp³-hybridized carbons (Fsp3) is 0.320. The Morgan fingerprint density at radius 1 is 1.00 bits per heavy atom. The first-order valence-electron chi connectivity index (χ1n) is 11.2. The van der Waals surface area contributed by atoms with E-state index in [9.17, 15) is 9.18 Å². The highest BCUT2D eigenvalue weighted by atomic mass is 19.1. The highest BCUT2D eigenvalue weighted by molar-refractivity contribution is 5.85. The summed E-state index contributed by atoms with van der Waals surface area (Å²) in [5.74, 6) is 0.150. The van der Waals surface area contributed by atoms with E-state index in [1.807, 2.05) is 0 Å². The average molecular weight is 500 g/mol. The van der Waals surface area contributed by atoms with Gasteiger partial charge in [-0.2, -0.15) is 4.98 Å². The number of halogens is 1. The Morgan fingerprint density at radius 2 is 1.75 bits per heavy atom. The van der Waals surface area contributed by atoms with Crippen molar-refractivity contribution in [3.8, 4) is 5.75 Å². The number of ether oxygens (including phenoxy) is 4. The lowest BCUT2D eigenvalue weighted by Gasteiger charge is -2.19. The van der Waals surface area contributed by atoms with E-state index >= 15 is 0 Å². The molecule has 0 bridgehead atoms. The molecule has 3 rings (SSSR count). The largest absolute Gasteiger partial charge is 0.468 e. The second-order valence-corrected chi connectivity index (χ2v) is 8.54. The van der Waals surface area contributed by atoms with Crippen LogP contribution >= 0.6 is 0 Å². The highest BCUT2D eigenvalue weighted by Crippen LogP contribution is 2.24. The van der Waals surface area contributed by atoms with E-state index in [-0.39, 0.29) is 18.6 Å². The Labute approximate surface area is 209 Å². The fourth-order valence-corrected chi connectivity index (χ4v) is 2.82. The van der Waals surface area contributed by atoms with E-state index in [2.05, 4.69) is 25.9 Å². The molecule has 1 heterocycles. The van der Waals surface area contributed by atoms with Crippen LogP contribution in [0.1, 0.15) is 20.8 Å². The molecular weight excluding hydrogens is 469 g/mol. The van der Waals surface area contributed by atoms with Gasteiger partial charge in [0, 0.05) is 24.2 Å². The van der Waals surface area contributed by atoms with Crippen molar-refractivity contribution in [3.05, 3.63) is 60.5 Å². The summed E-state index contributed by atoms with van der Waals surface area (Å²) in [7, 11) is 1.60. The molecule has 0 atom stereocenters. The Bertz CT molecular complexity index is 1140. The predicted octanol–water partition coefficient (Wildman–Crippen LogP) is 5.45. The van der Waals surface area contributed by atoms with Crippen LogP contribution in [-0.4, -0.2) is 48.8 Å². The van der Waals surface area contributed by atoms with Gasteiger partial charge in [-0.15, -0.1) is 0 Å². The van der Waals surface area contributed by atoms with Crippen molar-refractivity contribution in [2.45, 2.75) is 26.4 Å². The zero-order chi connectivity index (χ0) is 26.0. The number of aromatic nitrogens is 2. The number of carbonyl (C=O) groups is 1. The van der Waals surface area contributed by atoms with E-state index < -0.39 is 17.5 Å². The fourth-order valence-electron chi connectivity index (χ4n) is 2.82. The van der Waals surface area contributed by atoms with Crippen molar-refractivity contribution >= 4 is 34.9 Å². The lowest BCUT2D eigenvalue weighted by atomic mass is 10.2. The summed E-state index contributed by atoms with van der Waals surface area (Å²) in [4.78, 5) is 20.2. The third kappa shape index (κ3) is 9.01. The minimum Gasteiger partial charge on any atom is -0.468 e. The first-order chi connectivity index (χ1) is 17.2. The maximum atomic E-state index is 14.4. The van der Waals surface area contributed by atoms with Crippen LogP contribution in [0.2, 0.25) is 0 Å². The molecule has 3 aromatic rings. The van der Waals surface area contributed by atoms with Crippen molar-refractivity contribution in [2.24, 2.45) is 0 Å². The monoisotopic (exact) mass is 499 g/mol. The SMILES string of the molecule is COCCOCOc1ccc(Nc2ncc(F)c(Nc3cccc(NC(=O)OC(C)(C)C)c3)n2)cc1. The minimum absolute atomic E-state index is 0.0323.